The number of amides is 1. The van der Waals surface area contributed by atoms with Crippen LogP contribution in [-0.2, 0) is 9.53 Å². The van der Waals surface area contributed by atoms with E-state index in [1.165, 1.54) is 0 Å². The molecule has 1 aliphatic rings. The van der Waals surface area contributed by atoms with E-state index in [0.29, 0.717) is 13.2 Å². The Labute approximate surface area is 101 Å². The summed E-state index contributed by atoms with van der Waals surface area (Å²) in [6.07, 6.45) is 1.75. The van der Waals surface area contributed by atoms with Gasteiger partial charge in [0, 0.05) is 26.9 Å². The molecule has 17 heavy (non-hydrogen) atoms. The molecule has 1 amide bonds. The Kier molecular flexibility index (Phi) is 3.28. The second kappa shape index (κ2) is 4.71. The van der Waals surface area contributed by atoms with Crippen LogP contribution in [0.1, 0.15) is 6.92 Å². The van der Waals surface area contributed by atoms with Gasteiger partial charge in [-0.2, -0.15) is 0 Å². The minimum absolute atomic E-state index is 0.0848. The lowest BCUT2D eigenvalue weighted by molar-refractivity contribution is -0.119. The van der Waals surface area contributed by atoms with Crippen LogP contribution in [0, 0.1) is 0 Å². The first-order chi connectivity index (χ1) is 8.16. The monoisotopic (exact) mass is 235 g/mol. The van der Waals surface area contributed by atoms with Crippen molar-refractivity contribution >= 4 is 17.4 Å². The Hall–Kier alpha value is -1.62. The van der Waals surface area contributed by atoms with Crippen LogP contribution in [0.4, 0.5) is 11.5 Å². The summed E-state index contributed by atoms with van der Waals surface area (Å²) in [4.78, 5) is 20.1. The van der Waals surface area contributed by atoms with Gasteiger partial charge >= 0.3 is 0 Å². The van der Waals surface area contributed by atoms with E-state index in [1.807, 2.05) is 24.0 Å². The fourth-order valence-corrected chi connectivity index (χ4v) is 2.08. The average Bonchev–Trinajstić information content (AvgIpc) is 2.36. The van der Waals surface area contributed by atoms with Crippen LogP contribution in [-0.4, -0.2) is 44.2 Å². The van der Waals surface area contributed by atoms with E-state index >= 15 is 0 Å². The first-order valence-corrected chi connectivity index (χ1v) is 5.65. The van der Waals surface area contributed by atoms with Crippen molar-refractivity contribution in [2.24, 2.45) is 0 Å². The third-order valence-electron chi connectivity index (χ3n) is 3.09. The molecule has 0 fully saturated rings. The number of nitrogens with zero attached hydrogens (tertiary/aromatic N) is 3. The number of methoxy groups -OCH3 is 1. The van der Waals surface area contributed by atoms with E-state index in [4.69, 9.17) is 4.74 Å². The molecule has 1 aromatic heterocycles. The third kappa shape index (κ3) is 1.98. The molecule has 0 aromatic carbocycles. The molecule has 1 unspecified atom stereocenters. The summed E-state index contributed by atoms with van der Waals surface area (Å²) in [5, 5.41) is 0. The molecule has 1 aliphatic heterocycles. The summed E-state index contributed by atoms with van der Waals surface area (Å²) >= 11 is 0. The van der Waals surface area contributed by atoms with Crippen molar-refractivity contribution in [2.45, 2.75) is 13.0 Å². The number of carbonyl (C=O) groups excluding carboxylic acids is 1. The zero-order valence-corrected chi connectivity index (χ0v) is 10.4. The molecule has 2 heterocycles. The van der Waals surface area contributed by atoms with Crippen molar-refractivity contribution in [3.63, 3.8) is 0 Å². The summed E-state index contributed by atoms with van der Waals surface area (Å²) in [7, 11) is 3.44. The van der Waals surface area contributed by atoms with Gasteiger partial charge in [-0.05, 0) is 19.1 Å². The zero-order chi connectivity index (χ0) is 12.4. The standard InChI is InChI=1S/C12H17N3O2/c1-9-12(16)14(2)10-5-4-6-13-11(10)15(9)7-8-17-3/h4-6,9H,7-8H2,1-3H3. The molecule has 0 aliphatic carbocycles. The number of rotatable bonds is 3. The molecule has 2 rings (SSSR count). The van der Waals surface area contributed by atoms with Crippen LogP contribution in [0.3, 0.4) is 0 Å². The maximum Gasteiger partial charge on any atom is 0.249 e. The fraction of sp³-hybridized carbons (Fsp3) is 0.500. The summed E-state index contributed by atoms with van der Waals surface area (Å²) in [5.41, 5.74) is 0.853. The van der Waals surface area contributed by atoms with E-state index < -0.39 is 0 Å². The lowest BCUT2D eigenvalue weighted by atomic mass is 10.1. The van der Waals surface area contributed by atoms with Gasteiger partial charge in [-0.25, -0.2) is 4.98 Å². The van der Waals surface area contributed by atoms with Crippen LogP contribution >= 0.6 is 0 Å². The minimum Gasteiger partial charge on any atom is -0.383 e. The first-order valence-electron chi connectivity index (χ1n) is 5.65. The van der Waals surface area contributed by atoms with Crippen LogP contribution in [0.2, 0.25) is 0 Å². The largest absolute Gasteiger partial charge is 0.383 e. The van der Waals surface area contributed by atoms with Gasteiger partial charge in [0.05, 0.1) is 12.3 Å². The fourth-order valence-electron chi connectivity index (χ4n) is 2.08. The van der Waals surface area contributed by atoms with Crippen molar-refractivity contribution in [2.75, 3.05) is 37.1 Å². The van der Waals surface area contributed by atoms with Gasteiger partial charge in [-0.3, -0.25) is 4.79 Å². The first kappa shape index (κ1) is 11.9. The van der Waals surface area contributed by atoms with Gasteiger partial charge in [0.15, 0.2) is 5.82 Å². The van der Waals surface area contributed by atoms with E-state index in [1.54, 1.807) is 25.3 Å². The lowest BCUT2D eigenvalue weighted by Crippen LogP contribution is -2.52. The predicted molar refractivity (Wildman–Crippen MR) is 66.3 cm³/mol. The molecule has 0 saturated carbocycles. The summed E-state index contributed by atoms with van der Waals surface area (Å²) in [6, 6.07) is 3.55. The molecule has 0 saturated heterocycles. The predicted octanol–water partition coefficient (Wildman–Crippen LogP) is 0.899. The highest BCUT2D eigenvalue weighted by Gasteiger charge is 2.33. The van der Waals surface area contributed by atoms with Crippen molar-refractivity contribution < 1.29 is 9.53 Å². The highest BCUT2D eigenvalue weighted by molar-refractivity contribution is 6.04. The van der Waals surface area contributed by atoms with Crippen molar-refractivity contribution in [3.05, 3.63) is 18.3 Å². The molecular weight excluding hydrogens is 218 g/mol. The third-order valence-corrected chi connectivity index (χ3v) is 3.09. The topological polar surface area (TPSA) is 45.7 Å². The van der Waals surface area contributed by atoms with Crippen LogP contribution in [0.15, 0.2) is 18.3 Å². The number of hydrogen-bond donors (Lipinski definition) is 0. The second-order valence-electron chi connectivity index (χ2n) is 4.11. The molecule has 0 bridgehead atoms. The highest BCUT2D eigenvalue weighted by Crippen LogP contribution is 2.32. The minimum atomic E-state index is -0.197. The molecule has 0 N–H and O–H groups in total. The quantitative estimate of drug-likeness (QED) is 0.781. The zero-order valence-electron chi connectivity index (χ0n) is 10.4. The number of ether oxygens (including phenoxy) is 1. The Morgan fingerprint density at radius 2 is 2.29 bits per heavy atom. The molecular formula is C12H17N3O2. The second-order valence-corrected chi connectivity index (χ2v) is 4.11. The van der Waals surface area contributed by atoms with E-state index in [0.717, 1.165) is 11.5 Å². The number of aromatic nitrogens is 1. The molecule has 92 valence electrons. The van der Waals surface area contributed by atoms with Crippen molar-refractivity contribution in [3.8, 4) is 0 Å². The van der Waals surface area contributed by atoms with Crippen molar-refractivity contribution in [1.82, 2.24) is 4.98 Å². The van der Waals surface area contributed by atoms with E-state index in [-0.39, 0.29) is 11.9 Å². The Morgan fingerprint density at radius 3 is 3.00 bits per heavy atom. The lowest BCUT2D eigenvalue weighted by Gasteiger charge is -2.38. The van der Waals surface area contributed by atoms with E-state index in [2.05, 4.69) is 4.98 Å². The Bertz CT molecular complexity index is 422. The maximum absolute atomic E-state index is 12.1. The molecule has 1 aromatic rings. The molecule has 5 heteroatoms. The number of hydrogen-bond acceptors (Lipinski definition) is 4. The van der Waals surface area contributed by atoms with Crippen molar-refractivity contribution in [1.29, 1.82) is 0 Å². The highest BCUT2D eigenvalue weighted by atomic mass is 16.5. The van der Waals surface area contributed by atoms with Crippen LogP contribution in [0.5, 0.6) is 0 Å². The molecule has 0 spiro atoms. The van der Waals surface area contributed by atoms with Crippen LogP contribution < -0.4 is 9.80 Å². The molecule has 0 radical (unpaired) electrons. The van der Waals surface area contributed by atoms with Gasteiger partial charge < -0.3 is 14.5 Å². The smallest absolute Gasteiger partial charge is 0.249 e. The van der Waals surface area contributed by atoms with Gasteiger partial charge in [0.2, 0.25) is 5.91 Å². The SMILES string of the molecule is COCCN1c2ncccc2N(C)C(=O)C1C. The Morgan fingerprint density at radius 1 is 1.53 bits per heavy atom. The number of likely N-dealkylation sites (N-methyl/N-ethyl adjacent to an activating group) is 1. The summed E-state index contributed by atoms with van der Waals surface area (Å²) < 4.78 is 5.08. The summed E-state index contributed by atoms with van der Waals surface area (Å²) in [6.45, 7) is 3.14. The van der Waals surface area contributed by atoms with Gasteiger partial charge in [-0.15, -0.1) is 0 Å². The number of carbonyl (C=O) groups is 1. The molecule has 1 atom stereocenters. The Balaban J connectivity index is 2.38. The van der Waals surface area contributed by atoms with Gasteiger partial charge in [-0.1, -0.05) is 0 Å². The van der Waals surface area contributed by atoms with Gasteiger partial charge in [0.1, 0.15) is 6.04 Å². The van der Waals surface area contributed by atoms with E-state index in [9.17, 15) is 4.79 Å². The summed E-state index contributed by atoms with van der Waals surface area (Å²) in [5.74, 6) is 0.931. The number of fused-ring (bicyclic) bond motifs is 1. The average molecular weight is 235 g/mol. The van der Waals surface area contributed by atoms with Gasteiger partial charge in [0.25, 0.3) is 0 Å². The number of pyridine rings is 1. The normalized spacial score (nSPS) is 19.5. The number of anilines is 2. The maximum atomic E-state index is 12.1. The van der Waals surface area contributed by atoms with Crippen LogP contribution in [0.25, 0.3) is 0 Å². The molecule has 5 nitrogen and oxygen atoms in total.